The molecular formula is C14H17BrF2. The maximum atomic E-state index is 13.7. The van der Waals surface area contributed by atoms with Crippen LogP contribution in [-0.2, 0) is 0 Å². The number of rotatable bonds is 2. The molecule has 1 aliphatic carbocycles. The second-order valence-electron chi connectivity index (χ2n) is 4.82. The van der Waals surface area contributed by atoms with Crippen LogP contribution in [0.25, 0.3) is 0 Å². The van der Waals surface area contributed by atoms with Crippen LogP contribution in [-0.4, -0.2) is 0 Å². The van der Waals surface area contributed by atoms with Gasteiger partial charge in [-0.2, -0.15) is 0 Å². The summed E-state index contributed by atoms with van der Waals surface area (Å²) >= 11 is 3.60. The van der Waals surface area contributed by atoms with Crippen molar-refractivity contribution in [3.63, 3.8) is 0 Å². The zero-order valence-corrected chi connectivity index (χ0v) is 11.3. The minimum atomic E-state index is -0.508. The highest BCUT2D eigenvalue weighted by molar-refractivity contribution is 9.09. The molecule has 0 saturated heterocycles. The Kier molecular flexibility index (Phi) is 4.55. The third-order valence-corrected chi connectivity index (χ3v) is 4.81. The third kappa shape index (κ3) is 3.27. The number of halogens is 3. The van der Waals surface area contributed by atoms with Crippen LogP contribution in [0.4, 0.5) is 8.78 Å². The zero-order chi connectivity index (χ0) is 12.3. The second kappa shape index (κ2) is 5.94. The molecular weight excluding hydrogens is 286 g/mol. The van der Waals surface area contributed by atoms with E-state index >= 15 is 0 Å². The summed E-state index contributed by atoms with van der Waals surface area (Å²) in [5.74, 6) is -0.472. The van der Waals surface area contributed by atoms with Crippen LogP contribution in [0, 0.1) is 17.6 Å². The predicted molar refractivity (Wildman–Crippen MR) is 69.2 cm³/mol. The summed E-state index contributed by atoms with van der Waals surface area (Å²) in [5, 5.41) is 0. The van der Waals surface area contributed by atoms with Crippen LogP contribution in [0.3, 0.4) is 0 Å². The molecule has 0 aliphatic heterocycles. The molecule has 1 aromatic carbocycles. The quantitative estimate of drug-likeness (QED) is 0.509. The highest BCUT2D eigenvalue weighted by Crippen LogP contribution is 2.40. The van der Waals surface area contributed by atoms with E-state index in [1.54, 1.807) is 6.07 Å². The van der Waals surface area contributed by atoms with Gasteiger partial charge in [-0.3, -0.25) is 0 Å². The van der Waals surface area contributed by atoms with Gasteiger partial charge in [-0.05, 0) is 24.8 Å². The van der Waals surface area contributed by atoms with E-state index in [2.05, 4.69) is 15.9 Å². The minimum Gasteiger partial charge on any atom is -0.207 e. The Bertz CT molecular complexity index is 370. The Labute approximate surface area is 110 Å². The van der Waals surface area contributed by atoms with Crippen molar-refractivity contribution in [2.24, 2.45) is 5.92 Å². The topological polar surface area (TPSA) is 0 Å². The Hall–Kier alpha value is -0.440. The lowest BCUT2D eigenvalue weighted by Crippen LogP contribution is -2.08. The van der Waals surface area contributed by atoms with Crippen molar-refractivity contribution >= 4 is 15.9 Å². The van der Waals surface area contributed by atoms with Gasteiger partial charge in [-0.15, -0.1) is 0 Å². The minimum absolute atomic E-state index is 0.0150. The molecule has 17 heavy (non-hydrogen) atoms. The van der Waals surface area contributed by atoms with Crippen molar-refractivity contribution in [2.45, 2.75) is 43.4 Å². The second-order valence-corrected chi connectivity index (χ2v) is 5.81. The monoisotopic (exact) mass is 302 g/mol. The summed E-state index contributed by atoms with van der Waals surface area (Å²) < 4.78 is 26.6. The molecule has 0 bridgehead atoms. The summed E-state index contributed by atoms with van der Waals surface area (Å²) in [4.78, 5) is 0.0150. The molecule has 1 aliphatic rings. The van der Waals surface area contributed by atoms with Crippen molar-refractivity contribution in [3.8, 4) is 0 Å². The summed E-state index contributed by atoms with van der Waals surface area (Å²) in [6.07, 6.45) is 7.26. The molecule has 3 heteroatoms. The first-order valence-corrected chi connectivity index (χ1v) is 7.19. The average molecular weight is 303 g/mol. The van der Waals surface area contributed by atoms with E-state index in [1.807, 2.05) is 0 Å². The molecule has 0 heterocycles. The highest BCUT2D eigenvalue weighted by Gasteiger charge is 2.24. The van der Waals surface area contributed by atoms with Crippen LogP contribution in [0.15, 0.2) is 18.2 Å². The largest absolute Gasteiger partial charge is 0.207 e. The van der Waals surface area contributed by atoms with Crippen LogP contribution in [0.5, 0.6) is 0 Å². The van der Waals surface area contributed by atoms with E-state index in [-0.39, 0.29) is 4.83 Å². The molecule has 1 aromatic rings. The van der Waals surface area contributed by atoms with Crippen LogP contribution < -0.4 is 0 Å². The van der Waals surface area contributed by atoms with Gasteiger partial charge in [-0.1, -0.05) is 47.7 Å². The van der Waals surface area contributed by atoms with Gasteiger partial charge in [0.05, 0.1) is 0 Å². The molecule has 0 nitrogen and oxygen atoms in total. The van der Waals surface area contributed by atoms with Crippen molar-refractivity contribution in [1.29, 1.82) is 0 Å². The number of benzene rings is 1. The summed E-state index contributed by atoms with van der Waals surface area (Å²) in [6.45, 7) is 0. The van der Waals surface area contributed by atoms with Gasteiger partial charge in [0.2, 0.25) is 0 Å². The highest BCUT2D eigenvalue weighted by atomic mass is 79.9. The first kappa shape index (κ1) is 13.0. The summed E-state index contributed by atoms with van der Waals surface area (Å²) in [5.41, 5.74) is 0.596. The van der Waals surface area contributed by atoms with Crippen molar-refractivity contribution in [1.82, 2.24) is 0 Å². The van der Waals surface area contributed by atoms with Gasteiger partial charge >= 0.3 is 0 Å². The van der Waals surface area contributed by atoms with Gasteiger partial charge in [-0.25, -0.2) is 8.78 Å². The SMILES string of the molecule is Fc1ccc(C(Br)C2CCCCCC2)c(F)c1. The normalized spacial score (nSPS) is 19.9. The Morgan fingerprint density at radius 2 is 1.71 bits per heavy atom. The van der Waals surface area contributed by atoms with Crippen molar-refractivity contribution < 1.29 is 8.78 Å². The van der Waals surface area contributed by atoms with Crippen LogP contribution in [0.1, 0.15) is 48.9 Å². The number of hydrogen-bond acceptors (Lipinski definition) is 0. The van der Waals surface area contributed by atoms with E-state index in [0.717, 1.165) is 18.9 Å². The summed E-state index contributed by atoms with van der Waals surface area (Å²) in [6, 6.07) is 3.87. The van der Waals surface area contributed by atoms with Crippen LogP contribution >= 0.6 is 15.9 Å². The smallest absolute Gasteiger partial charge is 0.130 e. The van der Waals surface area contributed by atoms with Gasteiger partial charge in [0.1, 0.15) is 11.6 Å². The molecule has 2 rings (SSSR count). The molecule has 0 aromatic heterocycles. The van der Waals surface area contributed by atoms with Crippen LogP contribution in [0.2, 0.25) is 0 Å². The lowest BCUT2D eigenvalue weighted by Gasteiger charge is -2.21. The first-order valence-electron chi connectivity index (χ1n) is 6.27. The molecule has 1 saturated carbocycles. The Morgan fingerprint density at radius 3 is 2.29 bits per heavy atom. The fourth-order valence-corrected chi connectivity index (χ4v) is 3.48. The fraction of sp³-hybridized carbons (Fsp3) is 0.571. The van der Waals surface area contributed by atoms with Gasteiger partial charge in [0.25, 0.3) is 0 Å². The maximum Gasteiger partial charge on any atom is 0.130 e. The maximum absolute atomic E-state index is 13.7. The molecule has 1 atom stereocenters. The Balaban J connectivity index is 2.14. The average Bonchev–Trinajstić information content (AvgIpc) is 2.56. The van der Waals surface area contributed by atoms with Crippen molar-refractivity contribution in [2.75, 3.05) is 0 Å². The van der Waals surface area contributed by atoms with Crippen molar-refractivity contribution in [3.05, 3.63) is 35.4 Å². The fourth-order valence-electron chi connectivity index (χ4n) is 2.58. The number of hydrogen-bond donors (Lipinski definition) is 0. The predicted octanol–water partition coefficient (Wildman–Crippen LogP) is 5.37. The molecule has 0 amide bonds. The zero-order valence-electron chi connectivity index (χ0n) is 9.76. The molecule has 1 fully saturated rings. The lowest BCUT2D eigenvalue weighted by atomic mass is 9.92. The summed E-state index contributed by atoms with van der Waals surface area (Å²) in [7, 11) is 0. The van der Waals surface area contributed by atoms with E-state index < -0.39 is 11.6 Å². The molecule has 0 radical (unpaired) electrons. The lowest BCUT2D eigenvalue weighted by molar-refractivity contribution is 0.443. The molecule has 0 spiro atoms. The standard InChI is InChI=1S/C14H17BrF2/c15-14(10-5-3-1-2-4-6-10)12-8-7-11(16)9-13(12)17/h7-10,14H,1-6H2. The number of alkyl halides is 1. The van der Waals surface area contributed by atoms with Gasteiger partial charge in [0.15, 0.2) is 0 Å². The van der Waals surface area contributed by atoms with E-state index in [0.29, 0.717) is 11.5 Å². The third-order valence-electron chi connectivity index (χ3n) is 3.57. The first-order chi connectivity index (χ1) is 8.18. The van der Waals surface area contributed by atoms with E-state index in [4.69, 9.17) is 0 Å². The van der Waals surface area contributed by atoms with E-state index in [9.17, 15) is 8.78 Å². The van der Waals surface area contributed by atoms with Gasteiger partial charge < -0.3 is 0 Å². The van der Waals surface area contributed by atoms with E-state index in [1.165, 1.54) is 31.7 Å². The molecule has 0 N–H and O–H groups in total. The molecule has 94 valence electrons. The van der Waals surface area contributed by atoms with Gasteiger partial charge in [0, 0.05) is 16.5 Å². The molecule has 1 unspecified atom stereocenters. The Morgan fingerprint density at radius 1 is 1.06 bits per heavy atom.